The van der Waals surface area contributed by atoms with Gasteiger partial charge in [-0.1, -0.05) is 19.1 Å². The second-order valence-corrected chi connectivity index (χ2v) is 7.08. The van der Waals surface area contributed by atoms with E-state index in [1.807, 2.05) is 12.1 Å². The molecule has 1 aromatic heterocycles. The lowest BCUT2D eigenvalue weighted by Crippen LogP contribution is -2.24. The number of thioether (sulfide) groups is 1. The van der Waals surface area contributed by atoms with E-state index in [1.165, 1.54) is 11.6 Å². The maximum atomic E-state index is 13.7. The molecule has 0 bridgehead atoms. The molecule has 0 amide bonds. The summed E-state index contributed by atoms with van der Waals surface area (Å²) in [4.78, 5) is 0.710. The second kappa shape index (κ2) is 8.17. The van der Waals surface area contributed by atoms with Gasteiger partial charge in [0.2, 0.25) is 0 Å². The van der Waals surface area contributed by atoms with Gasteiger partial charge < -0.3 is 5.32 Å². The number of hydrogen-bond acceptors (Lipinski definition) is 3. The molecular weight excluding hydrogens is 357 g/mol. The van der Waals surface area contributed by atoms with E-state index in [0.717, 1.165) is 23.2 Å². The van der Waals surface area contributed by atoms with Crippen molar-refractivity contribution in [3.8, 4) is 0 Å². The Hall–Kier alpha value is -0.360. The van der Waals surface area contributed by atoms with Crippen molar-refractivity contribution in [3.63, 3.8) is 0 Å². The zero-order chi connectivity index (χ0) is 14.4. The fraction of sp³-hybridized carbons (Fsp3) is 0.333. The van der Waals surface area contributed by atoms with E-state index in [4.69, 9.17) is 0 Å². The number of halogens is 2. The zero-order valence-corrected chi connectivity index (χ0v) is 14.5. The van der Waals surface area contributed by atoms with Crippen LogP contribution in [-0.2, 0) is 0 Å². The van der Waals surface area contributed by atoms with Gasteiger partial charge in [0.1, 0.15) is 5.82 Å². The zero-order valence-electron chi connectivity index (χ0n) is 11.2. The Morgan fingerprint density at radius 1 is 1.35 bits per heavy atom. The largest absolute Gasteiger partial charge is 0.309 e. The quantitative estimate of drug-likeness (QED) is 0.644. The lowest BCUT2D eigenvalue weighted by atomic mass is 10.2. The van der Waals surface area contributed by atoms with Gasteiger partial charge in [-0.25, -0.2) is 4.39 Å². The Balaban J connectivity index is 2.05. The summed E-state index contributed by atoms with van der Waals surface area (Å²) >= 11 is 6.83. The summed E-state index contributed by atoms with van der Waals surface area (Å²) in [5, 5.41) is 7.77. The molecule has 0 aliphatic heterocycles. The first-order valence-corrected chi connectivity index (χ1v) is 9.26. The van der Waals surface area contributed by atoms with Gasteiger partial charge in [-0.05, 0) is 52.0 Å². The van der Waals surface area contributed by atoms with Crippen LogP contribution in [0.15, 0.2) is 44.4 Å². The van der Waals surface area contributed by atoms with E-state index >= 15 is 0 Å². The second-order valence-electron chi connectivity index (χ2n) is 4.42. The highest BCUT2D eigenvalue weighted by atomic mass is 79.9. The monoisotopic (exact) mass is 373 g/mol. The molecular formula is C15H17BrFNS2. The number of nitrogens with one attached hydrogen (secondary N) is 1. The molecule has 108 valence electrons. The standard InChI is InChI=1S/C15H17BrFNS2/c1-2-7-18-14(11-8-19-9-12(11)16)10-20-15-6-4-3-5-13(15)17/h3-6,8-9,14,18H,2,7,10H2,1H3. The molecule has 0 radical (unpaired) electrons. The average Bonchev–Trinajstić information content (AvgIpc) is 2.87. The number of thiophene rings is 1. The van der Waals surface area contributed by atoms with E-state index in [0.29, 0.717) is 4.90 Å². The van der Waals surface area contributed by atoms with Crippen molar-refractivity contribution >= 4 is 39.0 Å². The van der Waals surface area contributed by atoms with Gasteiger partial charge in [0.05, 0.1) is 0 Å². The first-order chi connectivity index (χ1) is 9.72. The molecule has 2 rings (SSSR count). The Morgan fingerprint density at radius 3 is 2.80 bits per heavy atom. The highest BCUT2D eigenvalue weighted by Crippen LogP contribution is 2.32. The Bertz CT molecular complexity index is 544. The van der Waals surface area contributed by atoms with Gasteiger partial charge in [0.15, 0.2) is 0 Å². The van der Waals surface area contributed by atoms with Crippen molar-refractivity contribution in [1.82, 2.24) is 5.32 Å². The van der Waals surface area contributed by atoms with Crippen LogP contribution < -0.4 is 5.32 Å². The van der Waals surface area contributed by atoms with E-state index < -0.39 is 0 Å². The van der Waals surface area contributed by atoms with Crippen LogP contribution >= 0.6 is 39.0 Å². The van der Waals surface area contributed by atoms with Crippen LogP contribution in [0.1, 0.15) is 24.9 Å². The van der Waals surface area contributed by atoms with Gasteiger partial charge in [-0.3, -0.25) is 0 Å². The predicted molar refractivity (Wildman–Crippen MR) is 90.2 cm³/mol. The van der Waals surface area contributed by atoms with Crippen molar-refractivity contribution < 1.29 is 4.39 Å². The summed E-state index contributed by atoms with van der Waals surface area (Å²) in [5.41, 5.74) is 1.26. The molecule has 1 N–H and O–H groups in total. The first-order valence-electron chi connectivity index (χ1n) is 6.54. The lowest BCUT2D eigenvalue weighted by Gasteiger charge is -2.18. The molecule has 1 heterocycles. The van der Waals surface area contributed by atoms with Crippen molar-refractivity contribution in [3.05, 3.63) is 50.9 Å². The molecule has 0 spiro atoms. The van der Waals surface area contributed by atoms with Crippen LogP contribution in [0.4, 0.5) is 4.39 Å². The summed E-state index contributed by atoms with van der Waals surface area (Å²) < 4.78 is 14.8. The molecule has 1 atom stereocenters. The molecule has 0 saturated heterocycles. The molecule has 20 heavy (non-hydrogen) atoms. The van der Waals surface area contributed by atoms with Crippen LogP contribution in [0.3, 0.4) is 0 Å². The van der Waals surface area contributed by atoms with Crippen molar-refractivity contribution in [1.29, 1.82) is 0 Å². The smallest absolute Gasteiger partial charge is 0.136 e. The maximum absolute atomic E-state index is 13.7. The molecule has 0 aliphatic carbocycles. The van der Waals surface area contributed by atoms with Crippen LogP contribution in [0, 0.1) is 5.82 Å². The first kappa shape index (κ1) is 16.0. The number of benzene rings is 1. The molecule has 1 unspecified atom stereocenters. The Labute approximate surface area is 136 Å². The normalized spacial score (nSPS) is 12.6. The Morgan fingerprint density at radius 2 is 2.15 bits per heavy atom. The summed E-state index contributed by atoms with van der Waals surface area (Å²) in [6.07, 6.45) is 1.09. The summed E-state index contributed by atoms with van der Waals surface area (Å²) in [5.74, 6) is 0.673. The third kappa shape index (κ3) is 4.32. The van der Waals surface area contributed by atoms with Gasteiger partial charge in [-0.2, -0.15) is 11.3 Å². The van der Waals surface area contributed by atoms with Gasteiger partial charge in [0, 0.05) is 26.5 Å². The van der Waals surface area contributed by atoms with E-state index in [1.54, 1.807) is 29.2 Å². The van der Waals surface area contributed by atoms with Crippen molar-refractivity contribution in [2.75, 3.05) is 12.3 Å². The van der Waals surface area contributed by atoms with Gasteiger partial charge >= 0.3 is 0 Å². The summed E-state index contributed by atoms with van der Waals surface area (Å²) in [7, 11) is 0. The highest BCUT2D eigenvalue weighted by molar-refractivity contribution is 9.10. The minimum atomic E-state index is -0.142. The SMILES string of the molecule is CCCNC(CSc1ccccc1F)c1cscc1Br. The van der Waals surface area contributed by atoms with Crippen LogP contribution in [0.5, 0.6) is 0 Å². The summed E-state index contributed by atoms with van der Waals surface area (Å²) in [6.45, 7) is 3.11. The molecule has 5 heteroatoms. The minimum absolute atomic E-state index is 0.142. The van der Waals surface area contributed by atoms with Crippen LogP contribution in [0.2, 0.25) is 0 Å². The number of rotatable bonds is 7. The third-order valence-corrected chi connectivity index (χ3v) is 5.79. The van der Waals surface area contributed by atoms with E-state index in [2.05, 4.69) is 38.9 Å². The van der Waals surface area contributed by atoms with Gasteiger partial charge in [-0.15, -0.1) is 11.8 Å². The molecule has 1 aromatic carbocycles. The average molecular weight is 374 g/mol. The molecule has 2 aromatic rings. The minimum Gasteiger partial charge on any atom is -0.309 e. The molecule has 0 saturated carbocycles. The third-order valence-electron chi connectivity index (χ3n) is 2.90. The van der Waals surface area contributed by atoms with Crippen LogP contribution in [-0.4, -0.2) is 12.3 Å². The van der Waals surface area contributed by atoms with E-state index in [-0.39, 0.29) is 11.9 Å². The van der Waals surface area contributed by atoms with Crippen molar-refractivity contribution in [2.24, 2.45) is 0 Å². The van der Waals surface area contributed by atoms with Crippen molar-refractivity contribution in [2.45, 2.75) is 24.3 Å². The topological polar surface area (TPSA) is 12.0 Å². The van der Waals surface area contributed by atoms with Crippen LogP contribution in [0.25, 0.3) is 0 Å². The maximum Gasteiger partial charge on any atom is 0.136 e. The fourth-order valence-electron chi connectivity index (χ4n) is 1.85. The molecule has 1 nitrogen and oxygen atoms in total. The fourth-order valence-corrected chi connectivity index (χ4v) is 4.50. The predicted octanol–water partition coefficient (Wildman–Crippen LogP) is 5.48. The number of hydrogen-bond donors (Lipinski definition) is 1. The lowest BCUT2D eigenvalue weighted by molar-refractivity contribution is 0.575. The molecule has 0 fully saturated rings. The van der Waals surface area contributed by atoms with E-state index in [9.17, 15) is 4.39 Å². The molecule has 0 aliphatic rings. The summed E-state index contributed by atoms with van der Waals surface area (Å²) in [6, 6.07) is 7.18. The Kier molecular flexibility index (Phi) is 6.55. The van der Waals surface area contributed by atoms with Gasteiger partial charge in [0.25, 0.3) is 0 Å². The highest BCUT2D eigenvalue weighted by Gasteiger charge is 2.16.